The van der Waals surface area contributed by atoms with Crippen molar-refractivity contribution in [2.75, 3.05) is 0 Å². The zero-order valence-corrected chi connectivity index (χ0v) is 27.3. The molecular formula is C46H28N2S. The molecule has 0 amide bonds. The van der Waals surface area contributed by atoms with Crippen molar-refractivity contribution in [2.24, 2.45) is 0 Å². The molecule has 0 atom stereocenters. The largest absolute Gasteiger partial charge is 0.309 e. The summed E-state index contributed by atoms with van der Waals surface area (Å²) in [6.45, 7) is 0. The SMILES string of the molecule is c1ccc(-n2c3ccc(-c4ccc5c(c4)c4ccccc4n5-c4cccc5ccccc45)cc3c3cc4sc5ccccc5c4cc32)cc1. The molecule has 0 spiro atoms. The second kappa shape index (κ2) is 10.2. The molecule has 0 aliphatic rings. The quantitative estimate of drug-likeness (QED) is 0.182. The molecule has 3 aromatic heterocycles. The fourth-order valence-electron chi connectivity index (χ4n) is 8.09. The van der Waals surface area contributed by atoms with Crippen LogP contribution in [0.4, 0.5) is 0 Å². The first-order valence-electron chi connectivity index (χ1n) is 16.8. The van der Waals surface area contributed by atoms with Crippen LogP contribution >= 0.6 is 11.3 Å². The van der Waals surface area contributed by atoms with Crippen molar-refractivity contribution in [2.45, 2.75) is 0 Å². The Morgan fingerprint density at radius 2 is 0.939 bits per heavy atom. The van der Waals surface area contributed by atoms with Crippen LogP contribution in [-0.4, -0.2) is 9.13 Å². The van der Waals surface area contributed by atoms with Gasteiger partial charge in [0.15, 0.2) is 0 Å². The Morgan fingerprint density at radius 1 is 0.327 bits per heavy atom. The second-order valence-corrected chi connectivity index (χ2v) is 14.0. The Labute approximate surface area is 286 Å². The van der Waals surface area contributed by atoms with Gasteiger partial charge >= 0.3 is 0 Å². The van der Waals surface area contributed by atoms with E-state index in [-0.39, 0.29) is 0 Å². The monoisotopic (exact) mass is 640 g/mol. The number of benzene rings is 8. The van der Waals surface area contributed by atoms with Crippen LogP contribution in [0.3, 0.4) is 0 Å². The smallest absolute Gasteiger partial charge is 0.0548 e. The second-order valence-electron chi connectivity index (χ2n) is 12.9. The Hall–Kier alpha value is -6.16. The van der Waals surface area contributed by atoms with Crippen molar-refractivity contribution in [3.63, 3.8) is 0 Å². The summed E-state index contributed by atoms with van der Waals surface area (Å²) in [6.07, 6.45) is 0. The molecule has 3 heterocycles. The molecule has 0 unspecified atom stereocenters. The molecule has 0 aliphatic carbocycles. The van der Waals surface area contributed by atoms with E-state index < -0.39 is 0 Å². The number of rotatable bonds is 3. The van der Waals surface area contributed by atoms with Gasteiger partial charge in [-0.05, 0) is 83.2 Å². The van der Waals surface area contributed by atoms with E-state index in [4.69, 9.17) is 0 Å². The fourth-order valence-corrected chi connectivity index (χ4v) is 9.21. The molecule has 228 valence electrons. The number of fused-ring (bicyclic) bond motifs is 10. The van der Waals surface area contributed by atoms with E-state index in [0.29, 0.717) is 0 Å². The predicted octanol–water partition coefficient (Wildman–Crippen LogP) is 13.1. The first-order valence-corrected chi connectivity index (χ1v) is 17.6. The normalized spacial score (nSPS) is 12.1. The van der Waals surface area contributed by atoms with E-state index in [1.165, 1.54) is 97.1 Å². The lowest BCUT2D eigenvalue weighted by Crippen LogP contribution is -1.95. The average Bonchev–Trinajstić information content (AvgIpc) is 3.80. The molecule has 0 saturated heterocycles. The average molecular weight is 641 g/mol. The van der Waals surface area contributed by atoms with Crippen molar-refractivity contribution >= 4 is 85.9 Å². The molecule has 0 N–H and O–H groups in total. The molecule has 11 rings (SSSR count). The molecule has 8 aromatic carbocycles. The topological polar surface area (TPSA) is 9.86 Å². The van der Waals surface area contributed by atoms with E-state index in [0.717, 1.165) is 0 Å². The van der Waals surface area contributed by atoms with E-state index in [1.807, 2.05) is 11.3 Å². The highest BCUT2D eigenvalue weighted by Crippen LogP contribution is 2.42. The minimum Gasteiger partial charge on any atom is -0.309 e. The van der Waals surface area contributed by atoms with Gasteiger partial charge in [-0.15, -0.1) is 11.3 Å². The number of aromatic nitrogens is 2. The Morgan fingerprint density at radius 3 is 1.78 bits per heavy atom. The Kier molecular flexibility index (Phi) is 5.57. The fraction of sp³-hybridized carbons (Fsp3) is 0. The zero-order valence-electron chi connectivity index (χ0n) is 26.5. The standard InChI is InChI=1S/C46H28N2S/c1-2-13-32(14-3-1)47-42-23-21-31(26-37(42)38-28-46-39(27-44(38)47)35-17-7-9-20-45(35)49-46)30-22-24-43-36(25-30)34-16-6-8-18-41(34)48(43)40-19-10-12-29-11-4-5-15-33(29)40/h1-28H. The summed E-state index contributed by atoms with van der Waals surface area (Å²) in [5, 5.41) is 10.2. The van der Waals surface area contributed by atoms with E-state index >= 15 is 0 Å². The first-order chi connectivity index (χ1) is 24.3. The van der Waals surface area contributed by atoms with Crippen molar-refractivity contribution in [3.05, 3.63) is 170 Å². The third-order valence-electron chi connectivity index (χ3n) is 10.3. The van der Waals surface area contributed by atoms with Crippen LogP contribution < -0.4 is 0 Å². The van der Waals surface area contributed by atoms with Gasteiger partial charge in [-0.2, -0.15) is 0 Å². The van der Waals surface area contributed by atoms with Crippen LogP contribution in [-0.2, 0) is 0 Å². The van der Waals surface area contributed by atoms with E-state index in [9.17, 15) is 0 Å². The Balaban J connectivity index is 1.16. The van der Waals surface area contributed by atoms with Gasteiger partial charge in [-0.25, -0.2) is 0 Å². The summed E-state index contributed by atoms with van der Waals surface area (Å²) < 4.78 is 7.52. The summed E-state index contributed by atoms with van der Waals surface area (Å²) in [5.74, 6) is 0. The van der Waals surface area contributed by atoms with Gasteiger partial charge in [-0.1, -0.05) is 103 Å². The third kappa shape index (κ3) is 3.88. The van der Waals surface area contributed by atoms with Crippen LogP contribution in [0.15, 0.2) is 170 Å². The van der Waals surface area contributed by atoms with Gasteiger partial charge in [0.1, 0.15) is 0 Å². The molecule has 49 heavy (non-hydrogen) atoms. The lowest BCUT2D eigenvalue weighted by molar-refractivity contribution is 1.18. The molecule has 0 fully saturated rings. The van der Waals surface area contributed by atoms with Gasteiger partial charge in [-0.3, -0.25) is 0 Å². The predicted molar refractivity (Wildman–Crippen MR) is 211 cm³/mol. The lowest BCUT2D eigenvalue weighted by Gasteiger charge is -2.12. The molecule has 0 aliphatic heterocycles. The molecule has 11 aromatic rings. The maximum absolute atomic E-state index is 2.43. The number of hydrogen-bond acceptors (Lipinski definition) is 1. The van der Waals surface area contributed by atoms with Gasteiger partial charge in [0.2, 0.25) is 0 Å². The highest BCUT2D eigenvalue weighted by molar-refractivity contribution is 7.25. The van der Waals surface area contributed by atoms with Crippen molar-refractivity contribution in [1.29, 1.82) is 0 Å². The summed E-state index contributed by atoms with van der Waals surface area (Å²) in [4.78, 5) is 0. The molecule has 0 bridgehead atoms. The maximum Gasteiger partial charge on any atom is 0.0548 e. The van der Waals surface area contributed by atoms with E-state index in [2.05, 4.69) is 179 Å². The maximum atomic E-state index is 2.43. The van der Waals surface area contributed by atoms with Gasteiger partial charge in [0.05, 0.1) is 27.8 Å². The summed E-state index contributed by atoms with van der Waals surface area (Å²) in [7, 11) is 0. The number of hydrogen-bond donors (Lipinski definition) is 0. The van der Waals surface area contributed by atoms with Crippen LogP contribution in [0.25, 0.3) is 97.1 Å². The van der Waals surface area contributed by atoms with Crippen molar-refractivity contribution in [3.8, 4) is 22.5 Å². The molecule has 2 nitrogen and oxygen atoms in total. The molecular weight excluding hydrogens is 613 g/mol. The number of para-hydroxylation sites is 2. The van der Waals surface area contributed by atoms with Crippen LogP contribution in [0, 0.1) is 0 Å². The minimum atomic E-state index is 1.18. The van der Waals surface area contributed by atoms with Gasteiger partial charge in [0, 0.05) is 52.8 Å². The van der Waals surface area contributed by atoms with Crippen molar-refractivity contribution in [1.82, 2.24) is 9.13 Å². The number of thiophene rings is 1. The summed E-state index contributed by atoms with van der Waals surface area (Å²) in [6, 6.07) is 62.5. The van der Waals surface area contributed by atoms with Crippen LogP contribution in [0.5, 0.6) is 0 Å². The van der Waals surface area contributed by atoms with Gasteiger partial charge < -0.3 is 9.13 Å². The zero-order chi connectivity index (χ0) is 32.1. The van der Waals surface area contributed by atoms with Crippen LogP contribution in [0.2, 0.25) is 0 Å². The molecule has 3 heteroatoms. The molecule has 0 saturated carbocycles. The molecule has 0 radical (unpaired) electrons. The summed E-state index contributed by atoms with van der Waals surface area (Å²) >= 11 is 1.88. The van der Waals surface area contributed by atoms with Crippen LogP contribution in [0.1, 0.15) is 0 Å². The van der Waals surface area contributed by atoms with Gasteiger partial charge in [0.25, 0.3) is 0 Å². The number of nitrogens with zero attached hydrogens (tertiary/aromatic N) is 2. The van der Waals surface area contributed by atoms with E-state index in [1.54, 1.807) is 0 Å². The summed E-state index contributed by atoms with van der Waals surface area (Å²) in [5.41, 5.74) is 9.73. The van der Waals surface area contributed by atoms with Crippen molar-refractivity contribution < 1.29 is 0 Å². The Bertz CT molecular complexity index is 3100. The first kappa shape index (κ1) is 26.9. The highest BCUT2D eigenvalue weighted by Gasteiger charge is 2.18. The lowest BCUT2D eigenvalue weighted by atomic mass is 10.0. The minimum absolute atomic E-state index is 1.18. The highest BCUT2D eigenvalue weighted by atomic mass is 32.1. The third-order valence-corrected chi connectivity index (χ3v) is 11.4.